The van der Waals surface area contributed by atoms with Crippen LogP contribution in [0.4, 0.5) is 32.0 Å². The normalized spacial score (nSPS) is 12.3. The Kier molecular flexibility index (Phi) is 5.82. The highest BCUT2D eigenvalue weighted by molar-refractivity contribution is 7.21. The number of carbonyl (C=O) groups is 2. The zero-order valence-electron chi connectivity index (χ0n) is 17.4. The number of furan rings is 1. The summed E-state index contributed by atoms with van der Waals surface area (Å²) in [6, 6.07) is 4.24. The Morgan fingerprint density at radius 2 is 1.83 bits per heavy atom. The molecule has 0 aliphatic rings. The van der Waals surface area contributed by atoms with E-state index in [0.717, 1.165) is 10.7 Å². The predicted octanol–water partition coefficient (Wildman–Crippen LogP) is 4.84. The van der Waals surface area contributed by atoms with E-state index in [1.165, 1.54) is 25.3 Å². The summed E-state index contributed by atoms with van der Waals surface area (Å²) in [6.45, 7) is 0.629. The molecule has 4 aromatic rings. The summed E-state index contributed by atoms with van der Waals surface area (Å²) in [6.07, 6.45) is -8.34. The van der Waals surface area contributed by atoms with Crippen LogP contribution in [0.2, 0.25) is 0 Å². The Morgan fingerprint density at radius 1 is 1.14 bits per heavy atom. The molecule has 0 spiro atoms. The second kappa shape index (κ2) is 8.41. The van der Waals surface area contributed by atoms with E-state index in [4.69, 9.17) is 10.2 Å². The summed E-state index contributed by atoms with van der Waals surface area (Å²) < 4.78 is 85.1. The molecule has 0 aliphatic carbocycles. The molecule has 0 unspecified atom stereocenters. The number of carbonyl (C=O) groups excluding carboxylic acids is 2. The molecule has 0 fully saturated rings. The maximum atomic E-state index is 13.4. The molecular weight excluding hydrogens is 504 g/mol. The van der Waals surface area contributed by atoms with E-state index in [-0.39, 0.29) is 37.8 Å². The minimum atomic E-state index is -4.83. The number of alkyl halides is 6. The number of anilines is 1. The summed E-state index contributed by atoms with van der Waals surface area (Å²) in [5.41, 5.74) is 2.58. The minimum absolute atomic E-state index is 0.00930. The largest absolute Gasteiger partial charge is 0.464 e. The van der Waals surface area contributed by atoms with Crippen molar-refractivity contribution in [1.82, 2.24) is 14.8 Å². The zero-order valence-corrected chi connectivity index (χ0v) is 18.2. The van der Waals surface area contributed by atoms with E-state index in [9.17, 15) is 35.9 Å². The van der Waals surface area contributed by atoms with Gasteiger partial charge in [0.1, 0.15) is 27.7 Å². The first-order chi connectivity index (χ1) is 16.3. The predicted molar refractivity (Wildman–Crippen MR) is 111 cm³/mol. The van der Waals surface area contributed by atoms with Crippen molar-refractivity contribution in [2.24, 2.45) is 5.73 Å². The summed E-state index contributed by atoms with van der Waals surface area (Å²) in [5, 5.41) is 5.67. The molecule has 8 nitrogen and oxygen atoms in total. The molecule has 0 aliphatic heterocycles. The third-order valence-corrected chi connectivity index (χ3v) is 5.89. The van der Waals surface area contributed by atoms with Crippen molar-refractivity contribution in [3.8, 4) is 11.3 Å². The number of aryl methyl sites for hydroxylation is 1. The van der Waals surface area contributed by atoms with Gasteiger partial charge in [-0.2, -0.15) is 31.4 Å². The van der Waals surface area contributed by atoms with Gasteiger partial charge in [0.2, 0.25) is 5.91 Å². The van der Waals surface area contributed by atoms with Gasteiger partial charge in [0.05, 0.1) is 12.0 Å². The number of aromatic nitrogens is 3. The monoisotopic (exact) mass is 517 g/mol. The molecule has 0 bridgehead atoms. The average Bonchev–Trinajstić information content (AvgIpc) is 3.46. The lowest BCUT2D eigenvalue weighted by Crippen LogP contribution is -2.22. The van der Waals surface area contributed by atoms with Crippen molar-refractivity contribution in [2.45, 2.75) is 25.8 Å². The molecule has 184 valence electrons. The lowest BCUT2D eigenvalue weighted by Gasteiger charge is -2.11. The number of pyridine rings is 1. The van der Waals surface area contributed by atoms with Crippen molar-refractivity contribution in [3.05, 3.63) is 52.5 Å². The van der Waals surface area contributed by atoms with E-state index >= 15 is 0 Å². The van der Waals surface area contributed by atoms with Gasteiger partial charge >= 0.3 is 12.4 Å². The van der Waals surface area contributed by atoms with Gasteiger partial charge in [0.15, 0.2) is 5.69 Å². The lowest BCUT2D eigenvalue weighted by molar-refractivity contribution is -0.142. The number of hydrogen-bond donors (Lipinski definition) is 2. The van der Waals surface area contributed by atoms with Crippen LogP contribution in [0, 0.1) is 6.92 Å². The molecule has 3 N–H and O–H groups in total. The van der Waals surface area contributed by atoms with Crippen LogP contribution in [0.25, 0.3) is 21.5 Å². The van der Waals surface area contributed by atoms with Gasteiger partial charge in [-0.3, -0.25) is 14.3 Å². The Balaban J connectivity index is 1.81. The minimum Gasteiger partial charge on any atom is -0.464 e. The number of primary amides is 1. The molecule has 0 aromatic carbocycles. The van der Waals surface area contributed by atoms with E-state index in [1.54, 1.807) is 0 Å². The Morgan fingerprint density at radius 3 is 2.37 bits per heavy atom. The van der Waals surface area contributed by atoms with Crippen molar-refractivity contribution in [3.63, 3.8) is 0 Å². The molecule has 0 saturated carbocycles. The summed E-state index contributed by atoms with van der Waals surface area (Å²) >= 11 is 0.519. The van der Waals surface area contributed by atoms with E-state index in [2.05, 4.69) is 15.4 Å². The number of thiophene rings is 1. The molecular formula is C20H13F6N5O3S. The van der Waals surface area contributed by atoms with Gasteiger partial charge in [-0.1, -0.05) is 0 Å². The van der Waals surface area contributed by atoms with Crippen LogP contribution in [-0.4, -0.2) is 26.6 Å². The molecule has 35 heavy (non-hydrogen) atoms. The SMILES string of the molecule is Cc1cc(C(F)(F)F)nn1CC(=O)Nc1c(C(N)=O)sc2nc(C(F)(F)F)cc(-c3ccco3)c12. The standard InChI is InChI=1S/C20H13F6N5O3S/c1-8-5-12(20(24,25)26)30-31(8)7-13(32)29-15-14-9(10-3-2-4-34-10)6-11(19(21,22)23)28-18(14)35-16(15)17(27)33/h2-6H,7H2,1H3,(H2,27,33)(H,29,32). The maximum absolute atomic E-state index is 13.4. The second-order valence-corrected chi connectivity index (χ2v) is 8.25. The molecule has 0 radical (unpaired) electrons. The summed E-state index contributed by atoms with van der Waals surface area (Å²) in [7, 11) is 0. The van der Waals surface area contributed by atoms with Crippen LogP contribution in [0.3, 0.4) is 0 Å². The highest BCUT2D eigenvalue weighted by atomic mass is 32.1. The smallest absolute Gasteiger partial charge is 0.435 e. The molecule has 4 rings (SSSR count). The number of halogens is 6. The number of fused-ring (bicyclic) bond motifs is 1. The van der Waals surface area contributed by atoms with Crippen LogP contribution in [-0.2, 0) is 23.7 Å². The molecule has 0 atom stereocenters. The third-order valence-electron chi connectivity index (χ3n) is 4.79. The van der Waals surface area contributed by atoms with Gasteiger partial charge in [-0.15, -0.1) is 11.3 Å². The van der Waals surface area contributed by atoms with Crippen molar-refractivity contribution < 1.29 is 40.3 Å². The van der Waals surface area contributed by atoms with E-state index < -0.39 is 42.1 Å². The quantitative estimate of drug-likeness (QED) is 0.368. The first kappa shape index (κ1) is 24.3. The fourth-order valence-corrected chi connectivity index (χ4v) is 4.29. The summed E-state index contributed by atoms with van der Waals surface area (Å²) in [5.74, 6) is -1.97. The summed E-state index contributed by atoms with van der Waals surface area (Å²) in [4.78, 5) is 27.8. The van der Waals surface area contributed by atoms with E-state index in [1.807, 2.05) is 0 Å². The average molecular weight is 517 g/mol. The second-order valence-electron chi connectivity index (χ2n) is 7.26. The third kappa shape index (κ3) is 4.71. The lowest BCUT2D eigenvalue weighted by atomic mass is 10.1. The number of hydrogen-bond acceptors (Lipinski definition) is 6. The maximum Gasteiger partial charge on any atom is 0.435 e. The Labute approximate surface area is 195 Å². The molecule has 4 heterocycles. The fourth-order valence-electron chi connectivity index (χ4n) is 3.29. The van der Waals surface area contributed by atoms with Crippen LogP contribution >= 0.6 is 11.3 Å². The topological polar surface area (TPSA) is 116 Å². The van der Waals surface area contributed by atoms with Crippen molar-refractivity contribution in [2.75, 3.05) is 5.32 Å². The first-order valence-electron chi connectivity index (χ1n) is 9.55. The Hall–Kier alpha value is -3.88. The van der Waals surface area contributed by atoms with Crippen molar-refractivity contribution in [1.29, 1.82) is 0 Å². The molecule has 2 amide bonds. The highest BCUT2D eigenvalue weighted by Crippen LogP contribution is 2.43. The van der Waals surface area contributed by atoms with Crippen molar-refractivity contribution >= 4 is 39.1 Å². The Bertz CT molecular complexity index is 1440. The van der Waals surface area contributed by atoms with Gasteiger partial charge in [0, 0.05) is 16.6 Å². The van der Waals surface area contributed by atoms with Crippen LogP contribution in [0.15, 0.2) is 34.9 Å². The molecule has 0 saturated heterocycles. The number of amides is 2. The highest BCUT2D eigenvalue weighted by Gasteiger charge is 2.36. The van der Waals surface area contributed by atoms with Crippen LogP contribution in [0.5, 0.6) is 0 Å². The van der Waals surface area contributed by atoms with Gasteiger partial charge in [-0.25, -0.2) is 4.98 Å². The zero-order chi connectivity index (χ0) is 25.7. The number of nitrogens with two attached hydrogens (primary N) is 1. The fraction of sp³-hybridized carbons (Fsp3) is 0.200. The van der Waals surface area contributed by atoms with Gasteiger partial charge in [0.25, 0.3) is 5.91 Å². The number of nitrogens with one attached hydrogen (secondary N) is 1. The first-order valence-corrected chi connectivity index (χ1v) is 10.4. The van der Waals surface area contributed by atoms with E-state index in [0.29, 0.717) is 17.4 Å². The van der Waals surface area contributed by atoms with Gasteiger partial charge in [-0.05, 0) is 31.2 Å². The van der Waals surface area contributed by atoms with Crippen LogP contribution in [0.1, 0.15) is 26.8 Å². The molecule has 4 aromatic heterocycles. The molecule has 15 heteroatoms. The number of rotatable bonds is 5. The number of nitrogens with zero attached hydrogens (tertiary/aromatic N) is 3. The van der Waals surface area contributed by atoms with Crippen LogP contribution < -0.4 is 11.1 Å². The van der Waals surface area contributed by atoms with Gasteiger partial charge < -0.3 is 15.5 Å².